The Morgan fingerprint density at radius 1 is 1.08 bits per heavy atom. The monoisotopic (exact) mass is 342 g/mol. The summed E-state index contributed by atoms with van der Waals surface area (Å²) in [5.41, 5.74) is 5.68. The van der Waals surface area contributed by atoms with Crippen LogP contribution in [0.3, 0.4) is 0 Å². The van der Waals surface area contributed by atoms with Gasteiger partial charge in [0.25, 0.3) is 0 Å². The molecule has 3 N–H and O–H groups in total. The molecule has 0 heterocycles. The molecule has 0 saturated heterocycles. The Hall–Kier alpha value is -0.610. The van der Waals surface area contributed by atoms with Crippen LogP contribution in [0, 0.1) is 11.3 Å². The van der Waals surface area contributed by atoms with Crippen LogP contribution in [0.5, 0.6) is 0 Å². The SMILES string of the molecule is CC(C)CC(C)(C)CC(=O)NCCCC(C)(C)OCCC(C)(C)N. The quantitative estimate of drug-likeness (QED) is 0.521. The van der Waals surface area contributed by atoms with Gasteiger partial charge in [-0.25, -0.2) is 0 Å². The number of rotatable bonds is 12. The van der Waals surface area contributed by atoms with Gasteiger partial charge in [-0.15, -0.1) is 0 Å². The first kappa shape index (κ1) is 23.4. The summed E-state index contributed by atoms with van der Waals surface area (Å²) in [6.07, 6.45) is 4.36. The van der Waals surface area contributed by atoms with E-state index in [1.54, 1.807) is 0 Å². The number of hydrogen-bond acceptors (Lipinski definition) is 3. The number of hydrogen-bond donors (Lipinski definition) is 2. The van der Waals surface area contributed by atoms with E-state index in [1.807, 2.05) is 13.8 Å². The maximum atomic E-state index is 12.1. The van der Waals surface area contributed by atoms with Gasteiger partial charge in [-0.3, -0.25) is 4.79 Å². The van der Waals surface area contributed by atoms with Crippen molar-refractivity contribution in [2.45, 2.75) is 98.6 Å². The molecule has 0 unspecified atom stereocenters. The molecule has 0 bridgehead atoms. The van der Waals surface area contributed by atoms with Gasteiger partial charge < -0.3 is 15.8 Å². The van der Waals surface area contributed by atoms with Crippen molar-refractivity contribution in [1.82, 2.24) is 5.32 Å². The molecule has 0 aliphatic heterocycles. The Balaban J connectivity index is 3.96. The molecule has 0 rings (SSSR count). The molecule has 0 spiro atoms. The third kappa shape index (κ3) is 13.8. The van der Waals surface area contributed by atoms with Gasteiger partial charge in [0, 0.05) is 25.1 Å². The summed E-state index contributed by atoms with van der Waals surface area (Å²) in [6, 6.07) is 0. The summed E-state index contributed by atoms with van der Waals surface area (Å²) in [5, 5.41) is 3.05. The second kappa shape index (κ2) is 9.76. The number of nitrogens with one attached hydrogen (secondary N) is 1. The lowest BCUT2D eigenvalue weighted by molar-refractivity contribution is -0.123. The minimum atomic E-state index is -0.188. The predicted octanol–water partition coefficient (Wildman–Crippen LogP) is 4.27. The molecule has 144 valence electrons. The lowest BCUT2D eigenvalue weighted by Gasteiger charge is -2.28. The fraction of sp³-hybridized carbons (Fsp3) is 0.950. The first-order chi connectivity index (χ1) is 10.7. The van der Waals surface area contributed by atoms with Crippen molar-refractivity contribution < 1.29 is 9.53 Å². The van der Waals surface area contributed by atoms with Crippen LogP contribution >= 0.6 is 0 Å². The van der Waals surface area contributed by atoms with Crippen LogP contribution in [0.25, 0.3) is 0 Å². The predicted molar refractivity (Wildman–Crippen MR) is 103 cm³/mol. The van der Waals surface area contributed by atoms with Gasteiger partial charge in [0.1, 0.15) is 0 Å². The number of amides is 1. The Morgan fingerprint density at radius 3 is 2.17 bits per heavy atom. The standard InChI is InChI=1S/C20H42N2O2/c1-16(2)14-18(3,4)15-17(23)22-12-9-10-20(7,8)24-13-11-19(5,6)21/h16H,9-15,21H2,1-8H3,(H,22,23). The highest BCUT2D eigenvalue weighted by atomic mass is 16.5. The van der Waals surface area contributed by atoms with Gasteiger partial charge in [-0.05, 0) is 64.7 Å². The van der Waals surface area contributed by atoms with Crippen LogP contribution in [0.4, 0.5) is 0 Å². The van der Waals surface area contributed by atoms with Crippen LogP contribution < -0.4 is 11.1 Å². The average Bonchev–Trinajstić information content (AvgIpc) is 2.30. The molecule has 24 heavy (non-hydrogen) atoms. The molecule has 4 nitrogen and oxygen atoms in total. The fourth-order valence-electron chi connectivity index (χ4n) is 3.08. The van der Waals surface area contributed by atoms with Crippen LogP contribution in [-0.2, 0) is 9.53 Å². The highest BCUT2D eigenvalue weighted by molar-refractivity contribution is 5.76. The third-order valence-electron chi connectivity index (χ3n) is 4.12. The van der Waals surface area contributed by atoms with E-state index in [-0.39, 0.29) is 22.5 Å². The fourth-order valence-corrected chi connectivity index (χ4v) is 3.08. The molecule has 0 fully saturated rings. The molecule has 0 radical (unpaired) electrons. The second-order valence-electron chi connectivity index (χ2n) is 9.74. The smallest absolute Gasteiger partial charge is 0.220 e. The van der Waals surface area contributed by atoms with Gasteiger partial charge in [0.15, 0.2) is 0 Å². The van der Waals surface area contributed by atoms with E-state index in [0.717, 1.165) is 25.7 Å². The maximum Gasteiger partial charge on any atom is 0.220 e. The van der Waals surface area contributed by atoms with Crippen molar-refractivity contribution in [2.75, 3.05) is 13.2 Å². The zero-order valence-electron chi connectivity index (χ0n) is 17.4. The molecule has 1 amide bonds. The summed E-state index contributed by atoms with van der Waals surface area (Å²) in [7, 11) is 0. The minimum Gasteiger partial charge on any atom is -0.376 e. The minimum absolute atomic E-state index is 0.0651. The zero-order valence-corrected chi connectivity index (χ0v) is 17.4. The van der Waals surface area contributed by atoms with E-state index in [4.69, 9.17) is 10.5 Å². The molecular weight excluding hydrogens is 300 g/mol. The highest BCUT2D eigenvalue weighted by Gasteiger charge is 2.23. The third-order valence-corrected chi connectivity index (χ3v) is 4.12. The highest BCUT2D eigenvalue weighted by Crippen LogP contribution is 2.28. The van der Waals surface area contributed by atoms with E-state index in [1.165, 1.54) is 0 Å². The van der Waals surface area contributed by atoms with Crippen LogP contribution in [-0.4, -0.2) is 30.2 Å². The summed E-state index contributed by atoms with van der Waals surface area (Å²) < 4.78 is 5.94. The van der Waals surface area contributed by atoms with Crippen molar-refractivity contribution in [3.63, 3.8) is 0 Å². The van der Waals surface area contributed by atoms with E-state index < -0.39 is 0 Å². The van der Waals surface area contributed by atoms with Crippen LogP contribution in [0.1, 0.15) is 87.5 Å². The molecule has 0 aliphatic carbocycles. The number of nitrogens with two attached hydrogens (primary N) is 1. The van der Waals surface area contributed by atoms with Crippen molar-refractivity contribution in [2.24, 2.45) is 17.1 Å². The van der Waals surface area contributed by atoms with Gasteiger partial charge >= 0.3 is 0 Å². The second-order valence-corrected chi connectivity index (χ2v) is 9.74. The summed E-state index contributed by atoms with van der Waals surface area (Å²) in [6.45, 7) is 18.4. The lowest BCUT2D eigenvalue weighted by Crippen LogP contribution is -2.36. The molecule has 0 aromatic carbocycles. The lowest BCUT2D eigenvalue weighted by atomic mass is 9.81. The van der Waals surface area contributed by atoms with Gasteiger partial charge in [-0.2, -0.15) is 0 Å². The number of carbonyl (C=O) groups is 1. The maximum absolute atomic E-state index is 12.1. The van der Waals surface area contributed by atoms with Gasteiger partial charge in [0.05, 0.1) is 5.60 Å². The molecule has 0 aromatic heterocycles. The van der Waals surface area contributed by atoms with Crippen molar-refractivity contribution >= 4 is 5.91 Å². The van der Waals surface area contributed by atoms with Gasteiger partial charge in [0.2, 0.25) is 5.91 Å². The summed E-state index contributed by atoms with van der Waals surface area (Å²) in [5.74, 6) is 0.772. The Morgan fingerprint density at radius 2 is 1.67 bits per heavy atom. The van der Waals surface area contributed by atoms with Crippen LogP contribution in [0.15, 0.2) is 0 Å². The van der Waals surface area contributed by atoms with Crippen molar-refractivity contribution in [3.05, 3.63) is 0 Å². The van der Waals surface area contributed by atoms with E-state index in [2.05, 4.69) is 46.9 Å². The molecule has 4 heteroatoms. The largest absolute Gasteiger partial charge is 0.376 e. The Labute approximate surface area is 150 Å². The molecule has 0 aliphatic rings. The van der Waals surface area contributed by atoms with E-state index >= 15 is 0 Å². The van der Waals surface area contributed by atoms with Crippen LogP contribution in [0.2, 0.25) is 0 Å². The number of ether oxygens (including phenoxy) is 1. The summed E-state index contributed by atoms with van der Waals surface area (Å²) in [4.78, 5) is 12.1. The topological polar surface area (TPSA) is 64.3 Å². The molecular formula is C20H42N2O2. The van der Waals surface area contributed by atoms with E-state index in [0.29, 0.717) is 25.5 Å². The number of carbonyl (C=O) groups excluding carboxylic acids is 1. The van der Waals surface area contributed by atoms with Crippen molar-refractivity contribution in [3.8, 4) is 0 Å². The Bertz CT molecular complexity index is 368. The first-order valence-electron chi connectivity index (χ1n) is 9.42. The summed E-state index contributed by atoms with van der Waals surface area (Å²) >= 11 is 0. The zero-order chi connectivity index (χ0) is 19.0. The first-order valence-corrected chi connectivity index (χ1v) is 9.42. The molecule has 0 aromatic rings. The molecule has 0 atom stereocenters. The van der Waals surface area contributed by atoms with E-state index in [9.17, 15) is 4.79 Å². The normalized spacial score (nSPS) is 13.4. The average molecular weight is 343 g/mol. The Kier molecular flexibility index (Phi) is 9.52. The van der Waals surface area contributed by atoms with Crippen molar-refractivity contribution in [1.29, 1.82) is 0 Å². The molecule has 0 saturated carbocycles. The van der Waals surface area contributed by atoms with Gasteiger partial charge in [-0.1, -0.05) is 27.7 Å².